The Bertz CT molecular complexity index is 574. The minimum absolute atomic E-state index is 0.511. The van der Waals surface area contributed by atoms with Crippen molar-refractivity contribution >= 4 is 38.9 Å². The Balaban J connectivity index is 2.41. The zero-order valence-corrected chi connectivity index (χ0v) is 13.2. The summed E-state index contributed by atoms with van der Waals surface area (Å²) in [7, 11) is 3.69. The van der Waals surface area contributed by atoms with Gasteiger partial charge in [0.25, 0.3) is 0 Å². The van der Waals surface area contributed by atoms with E-state index in [4.69, 9.17) is 16.3 Å². The van der Waals surface area contributed by atoms with Crippen LogP contribution in [0.2, 0.25) is 0 Å². The molecule has 19 heavy (non-hydrogen) atoms. The molecule has 0 unspecified atom stereocenters. The summed E-state index contributed by atoms with van der Waals surface area (Å²) in [6.07, 6.45) is 0. The molecule has 0 aliphatic carbocycles. The van der Waals surface area contributed by atoms with Crippen LogP contribution in [-0.2, 0) is 5.88 Å². The van der Waals surface area contributed by atoms with E-state index < -0.39 is 0 Å². The standard InChI is InChI=1S/C15H15BrClNO/c1-18(14-5-3-4-6-15(14)19-2)13-8-7-11(10-17)9-12(13)16/h3-9H,10H2,1-2H3. The summed E-state index contributed by atoms with van der Waals surface area (Å²) in [5.74, 6) is 1.36. The minimum Gasteiger partial charge on any atom is -0.495 e. The van der Waals surface area contributed by atoms with Crippen molar-refractivity contribution in [3.8, 4) is 5.75 Å². The van der Waals surface area contributed by atoms with Crippen LogP contribution in [0.3, 0.4) is 0 Å². The summed E-state index contributed by atoms with van der Waals surface area (Å²) >= 11 is 9.43. The Morgan fingerprint density at radius 3 is 2.53 bits per heavy atom. The van der Waals surface area contributed by atoms with Gasteiger partial charge in [-0.3, -0.25) is 0 Å². The number of rotatable bonds is 4. The molecule has 2 aromatic rings. The second-order valence-corrected chi connectivity index (χ2v) is 5.27. The molecule has 0 amide bonds. The average molecular weight is 341 g/mol. The van der Waals surface area contributed by atoms with E-state index in [1.165, 1.54) is 0 Å². The summed E-state index contributed by atoms with van der Waals surface area (Å²) in [6.45, 7) is 0. The van der Waals surface area contributed by atoms with Crippen molar-refractivity contribution < 1.29 is 4.74 Å². The largest absolute Gasteiger partial charge is 0.495 e. The highest BCUT2D eigenvalue weighted by atomic mass is 79.9. The van der Waals surface area contributed by atoms with Gasteiger partial charge in [-0.1, -0.05) is 18.2 Å². The van der Waals surface area contributed by atoms with Crippen molar-refractivity contribution in [1.82, 2.24) is 0 Å². The molecule has 2 nitrogen and oxygen atoms in total. The van der Waals surface area contributed by atoms with Gasteiger partial charge in [-0.25, -0.2) is 0 Å². The van der Waals surface area contributed by atoms with Crippen molar-refractivity contribution in [2.75, 3.05) is 19.1 Å². The molecular weight excluding hydrogens is 326 g/mol. The van der Waals surface area contributed by atoms with Gasteiger partial charge < -0.3 is 9.64 Å². The number of hydrogen-bond donors (Lipinski definition) is 0. The molecule has 0 saturated heterocycles. The molecule has 2 aromatic carbocycles. The van der Waals surface area contributed by atoms with Crippen LogP contribution in [0, 0.1) is 0 Å². The molecule has 0 bridgehead atoms. The lowest BCUT2D eigenvalue weighted by Crippen LogP contribution is -2.11. The fraction of sp³-hybridized carbons (Fsp3) is 0.200. The maximum absolute atomic E-state index is 5.84. The van der Waals surface area contributed by atoms with Gasteiger partial charge in [0.15, 0.2) is 0 Å². The SMILES string of the molecule is COc1ccccc1N(C)c1ccc(CCl)cc1Br. The molecule has 0 radical (unpaired) electrons. The number of nitrogens with zero attached hydrogens (tertiary/aromatic N) is 1. The molecule has 4 heteroatoms. The van der Waals surface area contributed by atoms with Gasteiger partial charge in [-0.15, -0.1) is 11.6 Å². The fourth-order valence-electron chi connectivity index (χ4n) is 1.94. The van der Waals surface area contributed by atoms with Crippen molar-refractivity contribution in [3.05, 3.63) is 52.5 Å². The normalized spacial score (nSPS) is 10.3. The van der Waals surface area contributed by atoms with E-state index in [0.29, 0.717) is 5.88 Å². The van der Waals surface area contributed by atoms with E-state index in [1.54, 1.807) is 7.11 Å². The Kier molecular flexibility index (Phi) is 4.72. The number of ether oxygens (including phenoxy) is 1. The number of alkyl halides is 1. The summed E-state index contributed by atoms with van der Waals surface area (Å²) in [5, 5.41) is 0. The lowest BCUT2D eigenvalue weighted by Gasteiger charge is -2.23. The molecule has 0 spiro atoms. The second kappa shape index (κ2) is 6.31. The summed E-state index contributed by atoms with van der Waals surface area (Å²) in [5.41, 5.74) is 3.17. The number of para-hydroxylation sites is 2. The van der Waals surface area contributed by atoms with E-state index in [-0.39, 0.29) is 0 Å². The Labute approximate surface area is 127 Å². The van der Waals surface area contributed by atoms with Crippen LogP contribution >= 0.6 is 27.5 Å². The molecule has 0 saturated carbocycles. The van der Waals surface area contributed by atoms with Gasteiger partial charge in [0.05, 0.1) is 18.5 Å². The third-order valence-electron chi connectivity index (χ3n) is 2.97. The first kappa shape index (κ1) is 14.2. The van der Waals surface area contributed by atoms with Crippen LogP contribution in [0.4, 0.5) is 11.4 Å². The third kappa shape index (κ3) is 3.04. The van der Waals surface area contributed by atoms with E-state index in [0.717, 1.165) is 27.2 Å². The molecule has 2 rings (SSSR count). The van der Waals surface area contributed by atoms with Gasteiger partial charge in [0, 0.05) is 17.4 Å². The predicted octanol–water partition coefficient (Wildman–Crippen LogP) is 4.96. The lowest BCUT2D eigenvalue weighted by atomic mass is 10.2. The molecule has 0 fully saturated rings. The topological polar surface area (TPSA) is 12.5 Å². The zero-order chi connectivity index (χ0) is 13.8. The van der Waals surface area contributed by atoms with Crippen LogP contribution in [0.15, 0.2) is 46.9 Å². The predicted molar refractivity (Wildman–Crippen MR) is 84.8 cm³/mol. The van der Waals surface area contributed by atoms with Crippen LogP contribution in [0.25, 0.3) is 0 Å². The van der Waals surface area contributed by atoms with Gasteiger partial charge in [-0.2, -0.15) is 0 Å². The fourth-order valence-corrected chi connectivity index (χ4v) is 2.80. The van der Waals surface area contributed by atoms with E-state index >= 15 is 0 Å². The molecule has 0 aromatic heterocycles. The number of hydrogen-bond acceptors (Lipinski definition) is 2. The van der Waals surface area contributed by atoms with Crippen LogP contribution < -0.4 is 9.64 Å². The first-order valence-electron chi connectivity index (χ1n) is 5.88. The van der Waals surface area contributed by atoms with Crippen LogP contribution in [-0.4, -0.2) is 14.2 Å². The lowest BCUT2D eigenvalue weighted by molar-refractivity contribution is 0.415. The number of benzene rings is 2. The molecule has 0 N–H and O–H groups in total. The highest BCUT2D eigenvalue weighted by Gasteiger charge is 2.12. The molecule has 0 heterocycles. The van der Waals surface area contributed by atoms with E-state index in [9.17, 15) is 0 Å². The number of anilines is 2. The number of methoxy groups -OCH3 is 1. The minimum atomic E-state index is 0.511. The van der Waals surface area contributed by atoms with Gasteiger partial charge in [0.2, 0.25) is 0 Å². The summed E-state index contributed by atoms with van der Waals surface area (Å²) in [6, 6.07) is 14.0. The Morgan fingerprint density at radius 1 is 1.16 bits per heavy atom. The van der Waals surface area contributed by atoms with E-state index in [2.05, 4.69) is 20.8 Å². The Morgan fingerprint density at radius 2 is 1.89 bits per heavy atom. The van der Waals surface area contributed by atoms with Gasteiger partial charge >= 0.3 is 0 Å². The molecular formula is C15H15BrClNO. The summed E-state index contributed by atoms with van der Waals surface area (Å²) < 4.78 is 6.41. The molecule has 0 aliphatic rings. The third-order valence-corrected chi connectivity index (χ3v) is 3.92. The first-order valence-corrected chi connectivity index (χ1v) is 7.21. The Hall–Kier alpha value is -1.19. The number of halogens is 2. The maximum atomic E-state index is 5.84. The van der Waals surface area contributed by atoms with Crippen molar-refractivity contribution in [2.45, 2.75) is 5.88 Å². The van der Waals surface area contributed by atoms with Crippen molar-refractivity contribution in [3.63, 3.8) is 0 Å². The van der Waals surface area contributed by atoms with Crippen LogP contribution in [0.5, 0.6) is 5.75 Å². The maximum Gasteiger partial charge on any atom is 0.142 e. The molecule has 100 valence electrons. The smallest absolute Gasteiger partial charge is 0.142 e. The van der Waals surface area contributed by atoms with Crippen molar-refractivity contribution in [1.29, 1.82) is 0 Å². The second-order valence-electron chi connectivity index (χ2n) is 4.15. The average Bonchev–Trinajstić information content (AvgIpc) is 2.46. The van der Waals surface area contributed by atoms with E-state index in [1.807, 2.05) is 49.5 Å². The van der Waals surface area contributed by atoms with Crippen molar-refractivity contribution in [2.24, 2.45) is 0 Å². The zero-order valence-electron chi connectivity index (χ0n) is 10.9. The van der Waals surface area contributed by atoms with Gasteiger partial charge in [-0.05, 0) is 45.8 Å². The van der Waals surface area contributed by atoms with Gasteiger partial charge in [0.1, 0.15) is 5.75 Å². The highest BCUT2D eigenvalue weighted by molar-refractivity contribution is 9.10. The van der Waals surface area contributed by atoms with Crippen LogP contribution in [0.1, 0.15) is 5.56 Å². The molecule has 0 aliphatic heterocycles. The first-order chi connectivity index (χ1) is 9.17. The highest BCUT2D eigenvalue weighted by Crippen LogP contribution is 2.36. The molecule has 0 atom stereocenters. The monoisotopic (exact) mass is 339 g/mol. The summed E-state index contributed by atoms with van der Waals surface area (Å²) in [4.78, 5) is 2.08. The quantitative estimate of drug-likeness (QED) is 0.729.